The van der Waals surface area contributed by atoms with Crippen LogP contribution in [0.15, 0.2) is 0 Å². The molecular weight excluding hydrogens is 240 g/mol. The molecule has 2 aliphatic heterocycles. The number of hydrogen-bond acceptors (Lipinski definition) is 3. The number of fused-ring (bicyclic) bond motifs is 1. The zero-order valence-corrected chi connectivity index (χ0v) is 12.5. The minimum atomic E-state index is 0.556. The maximum Gasteiger partial charge on any atom is 0.0223 e. The molecule has 2 heterocycles. The summed E-state index contributed by atoms with van der Waals surface area (Å²) in [5.41, 5.74) is 0.556. The van der Waals surface area contributed by atoms with Crippen LogP contribution in [0.5, 0.6) is 0 Å². The van der Waals surface area contributed by atoms with Crippen LogP contribution in [-0.2, 0) is 0 Å². The van der Waals surface area contributed by atoms with Crippen LogP contribution in [0.3, 0.4) is 0 Å². The fourth-order valence-electron chi connectivity index (χ4n) is 4.33. The first-order valence-corrected chi connectivity index (χ1v) is 8.52. The van der Waals surface area contributed by atoms with Gasteiger partial charge >= 0.3 is 0 Å². The number of piperidine rings is 1. The molecule has 0 radical (unpaired) electrons. The standard InChI is InChI=1S/C15H28N2S/c18-13-15(6-2-3-7-15)12-16-9-10-17-8-4-1-5-14(17)11-16/h14,18H,1-13H2. The third-order valence-corrected chi connectivity index (χ3v) is 6.15. The highest BCUT2D eigenvalue weighted by molar-refractivity contribution is 7.80. The predicted octanol–water partition coefficient (Wildman–Crippen LogP) is 2.65. The average molecular weight is 268 g/mol. The van der Waals surface area contributed by atoms with Gasteiger partial charge in [0, 0.05) is 32.2 Å². The van der Waals surface area contributed by atoms with Gasteiger partial charge in [0.2, 0.25) is 0 Å². The van der Waals surface area contributed by atoms with Crippen molar-refractivity contribution >= 4 is 12.6 Å². The molecule has 3 aliphatic rings. The van der Waals surface area contributed by atoms with E-state index in [-0.39, 0.29) is 0 Å². The Bertz CT molecular complexity index is 276. The van der Waals surface area contributed by atoms with Crippen LogP contribution in [0.25, 0.3) is 0 Å². The van der Waals surface area contributed by atoms with Crippen molar-refractivity contribution in [3.8, 4) is 0 Å². The average Bonchev–Trinajstić information content (AvgIpc) is 2.88. The quantitative estimate of drug-likeness (QED) is 0.786. The summed E-state index contributed by atoms with van der Waals surface area (Å²) >= 11 is 4.66. The molecule has 0 bridgehead atoms. The molecule has 1 atom stereocenters. The molecule has 0 spiro atoms. The highest BCUT2D eigenvalue weighted by atomic mass is 32.1. The summed E-state index contributed by atoms with van der Waals surface area (Å²) in [5.74, 6) is 1.10. The van der Waals surface area contributed by atoms with Gasteiger partial charge in [-0.05, 0) is 43.4 Å². The summed E-state index contributed by atoms with van der Waals surface area (Å²) in [5, 5.41) is 0. The summed E-state index contributed by atoms with van der Waals surface area (Å²) in [4.78, 5) is 5.50. The number of thiol groups is 1. The number of rotatable bonds is 3. The van der Waals surface area contributed by atoms with Crippen molar-refractivity contribution in [3.05, 3.63) is 0 Å². The lowest BCUT2D eigenvalue weighted by molar-refractivity contribution is 0.0306. The Kier molecular flexibility index (Phi) is 4.21. The molecule has 0 amide bonds. The first-order valence-electron chi connectivity index (χ1n) is 7.89. The third-order valence-electron chi connectivity index (χ3n) is 5.48. The molecule has 104 valence electrons. The van der Waals surface area contributed by atoms with Gasteiger partial charge in [-0.1, -0.05) is 19.3 Å². The van der Waals surface area contributed by atoms with E-state index >= 15 is 0 Å². The molecule has 0 N–H and O–H groups in total. The summed E-state index contributed by atoms with van der Waals surface area (Å²) in [6, 6.07) is 0.867. The molecule has 2 nitrogen and oxygen atoms in total. The highest BCUT2D eigenvalue weighted by Gasteiger charge is 2.37. The predicted molar refractivity (Wildman–Crippen MR) is 80.4 cm³/mol. The second-order valence-electron chi connectivity index (χ2n) is 6.79. The Hall–Kier alpha value is 0.270. The van der Waals surface area contributed by atoms with E-state index in [1.165, 1.54) is 77.7 Å². The van der Waals surface area contributed by atoms with Gasteiger partial charge in [0.25, 0.3) is 0 Å². The Labute approximate surface area is 118 Å². The lowest BCUT2D eigenvalue weighted by Gasteiger charge is -2.46. The zero-order valence-electron chi connectivity index (χ0n) is 11.6. The number of hydrogen-bond donors (Lipinski definition) is 1. The molecule has 0 aromatic carbocycles. The Morgan fingerprint density at radius 3 is 2.61 bits per heavy atom. The topological polar surface area (TPSA) is 6.48 Å². The largest absolute Gasteiger partial charge is 0.300 e. The Morgan fingerprint density at radius 2 is 1.83 bits per heavy atom. The van der Waals surface area contributed by atoms with E-state index < -0.39 is 0 Å². The van der Waals surface area contributed by atoms with Gasteiger partial charge < -0.3 is 0 Å². The van der Waals surface area contributed by atoms with E-state index in [0.29, 0.717) is 5.41 Å². The Balaban J connectivity index is 1.57. The second kappa shape index (κ2) is 5.72. The first kappa shape index (κ1) is 13.3. The summed E-state index contributed by atoms with van der Waals surface area (Å²) < 4.78 is 0. The lowest BCUT2D eigenvalue weighted by atomic mass is 9.87. The molecule has 18 heavy (non-hydrogen) atoms. The summed E-state index contributed by atoms with van der Waals surface area (Å²) in [7, 11) is 0. The van der Waals surface area contributed by atoms with Gasteiger partial charge in [-0.25, -0.2) is 0 Å². The van der Waals surface area contributed by atoms with Crippen LogP contribution < -0.4 is 0 Å². The van der Waals surface area contributed by atoms with Crippen molar-refractivity contribution in [2.45, 2.75) is 51.0 Å². The van der Waals surface area contributed by atoms with Gasteiger partial charge in [0.15, 0.2) is 0 Å². The molecule has 1 aliphatic carbocycles. The molecule has 3 fully saturated rings. The van der Waals surface area contributed by atoms with Gasteiger partial charge in [0.1, 0.15) is 0 Å². The van der Waals surface area contributed by atoms with Crippen molar-refractivity contribution in [1.29, 1.82) is 0 Å². The van der Waals surface area contributed by atoms with Crippen molar-refractivity contribution < 1.29 is 0 Å². The van der Waals surface area contributed by atoms with E-state index in [1.54, 1.807) is 0 Å². The van der Waals surface area contributed by atoms with Crippen LogP contribution in [-0.4, -0.2) is 54.3 Å². The van der Waals surface area contributed by atoms with Crippen molar-refractivity contribution in [2.75, 3.05) is 38.5 Å². The smallest absolute Gasteiger partial charge is 0.0223 e. The number of nitrogens with zero attached hydrogens (tertiary/aromatic N) is 2. The molecule has 3 rings (SSSR count). The highest BCUT2D eigenvalue weighted by Crippen LogP contribution is 2.40. The second-order valence-corrected chi connectivity index (χ2v) is 7.10. The molecule has 0 aromatic rings. The fourth-order valence-corrected chi connectivity index (χ4v) is 4.75. The van der Waals surface area contributed by atoms with E-state index in [9.17, 15) is 0 Å². The van der Waals surface area contributed by atoms with Crippen LogP contribution in [0, 0.1) is 5.41 Å². The lowest BCUT2D eigenvalue weighted by Crippen LogP contribution is -2.56. The van der Waals surface area contributed by atoms with Gasteiger partial charge in [-0.3, -0.25) is 9.80 Å². The summed E-state index contributed by atoms with van der Waals surface area (Å²) in [6.07, 6.45) is 10.0. The molecule has 1 saturated carbocycles. The van der Waals surface area contributed by atoms with Gasteiger partial charge in [-0.2, -0.15) is 12.6 Å². The number of piperazine rings is 1. The molecular formula is C15H28N2S. The van der Waals surface area contributed by atoms with Crippen LogP contribution >= 0.6 is 12.6 Å². The van der Waals surface area contributed by atoms with Crippen molar-refractivity contribution in [1.82, 2.24) is 9.80 Å². The van der Waals surface area contributed by atoms with Crippen molar-refractivity contribution in [3.63, 3.8) is 0 Å². The normalized spacial score (nSPS) is 33.5. The Morgan fingerprint density at radius 1 is 1.00 bits per heavy atom. The molecule has 2 saturated heterocycles. The third kappa shape index (κ3) is 2.73. The van der Waals surface area contributed by atoms with E-state index in [0.717, 1.165) is 11.8 Å². The SMILES string of the molecule is SCC1(CN2CCN3CCCCC3C2)CCCC1. The minimum Gasteiger partial charge on any atom is -0.300 e. The monoisotopic (exact) mass is 268 g/mol. The maximum atomic E-state index is 4.66. The summed E-state index contributed by atoms with van der Waals surface area (Å²) in [6.45, 7) is 6.62. The molecule has 1 unspecified atom stereocenters. The van der Waals surface area contributed by atoms with E-state index in [1.807, 2.05) is 0 Å². The molecule has 0 aromatic heterocycles. The van der Waals surface area contributed by atoms with Crippen LogP contribution in [0.1, 0.15) is 44.9 Å². The van der Waals surface area contributed by atoms with E-state index in [4.69, 9.17) is 0 Å². The van der Waals surface area contributed by atoms with Crippen LogP contribution in [0.2, 0.25) is 0 Å². The van der Waals surface area contributed by atoms with Gasteiger partial charge in [0.05, 0.1) is 0 Å². The zero-order chi connectivity index (χ0) is 12.4. The van der Waals surface area contributed by atoms with Gasteiger partial charge in [-0.15, -0.1) is 0 Å². The van der Waals surface area contributed by atoms with Crippen molar-refractivity contribution in [2.24, 2.45) is 5.41 Å². The fraction of sp³-hybridized carbons (Fsp3) is 1.00. The maximum absolute atomic E-state index is 4.66. The first-order chi connectivity index (χ1) is 8.81. The minimum absolute atomic E-state index is 0.556. The molecule has 3 heteroatoms. The van der Waals surface area contributed by atoms with Crippen LogP contribution in [0.4, 0.5) is 0 Å². The van der Waals surface area contributed by atoms with E-state index in [2.05, 4.69) is 22.4 Å².